The van der Waals surface area contributed by atoms with E-state index in [4.69, 9.17) is 4.74 Å². The third-order valence-electron chi connectivity index (χ3n) is 5.98. The van der Waals surface area contributed by atoms with Gasteiger partial charge < -0.3 is 15.0 Å². The molecular weight excluding hydrogens is 422 g/mol. The summed E-state index contributed by atoms with van der Waals surface area (Å²) in [6.07, 6.45) is 0.966. The Kier molecular flexibility index (Phi) is 6.48. The molecule has 0 radical (unpaired) electrons. The summed E-state index contributed by atoms with van der Waals surface area (Å²) in [6.45, 7) is 6.85. The molecule has 1 fully saturated rings. The maximum absolute atomic E-state index is 12.9. The Balaban J connectivity index is 1.56. The summed E-state index contributed by atoms with van der Waals surface area (Å²) in [7, 11) is 0. The van der Waals surface area contributed by atoms with Gasteiger partial charge in [-0.15, -0.1) is 0 Å². The van der Waals surface area contributed by atoms with Crippen LogP contribution in [0.1, 0.15) is 31.0 Å². The minimum atomic E-state index is -0.319. The van der Waals surface area contributed by atoms with Crippen molar-refractivity contribution in [2.24, 2.45) is 0 Å². The number of piperidine rings is 1. The number of pyridine rings is 1. The number of nitrogens with one attached hydrogen (secondary N) is 1. The molecule has 9 nitrogen and oxygen atoms in total. The zero-order valence-corrected chi connectivity index (χ0v) is 19.2. The molecule has 9 heteroatoms. The summed E-state index contributed by atoms with van der Waals surface area (Å²) in [5.74, 6) is -0.240. The van der Waals surface area contributed by atoms with Crippen LogP contribution in [0.4, 0.5) is 4.79 Å². The highest BCUT2D eigenvalue weighted by molar-refractivity contribution is 5.85. The average molecular weight is 452 g/mol. The third-order valence-corrected chi connectivity index (χ3v) is 5.98. The van der Waals surface area contributed by atoms with E-state index in [-0.39, 0.29) is 30.1 Å². The van der Waals surface area contributed by atoms with Gasteiger partial charge >= 0.3 is 6.09 Å². The highest BCUT2D eigenvalue weighted by atomic mass is 16.6. The first-order valence-corrected chi connectivity index (χ1v) is 11.2. The number of para-hydroxylation sites is 1. The molecule has 0 atom stereocenters. The number of nitrogens with zero attached hydrogens (tertiary/aromatic N) is 4. The molecule has 2 amide bonds. The molecule has 3 heterocycles. The third kappa shape index (κ3) is 4.62. The molecule has 0 unspecified atom stereocenters. The van der Waals surface area contributed by atoms with Gasteiger partial charge in [0, 0.05) is 30.6 Å². The smallest absolute Gasteiger partial charge is 0.409 e. The molecule has 174 valence electrons. The fraction of sp³-hybridized carbons (Fsp3) is 0.417. The van der Waals surface area contributed by atoms with Crippen molar-refractivity contribution in [1.82, 2.24) is 24.6 Å². The van der Waals surface area contributed by atoms with Crippen molar-refractivity contribution in [3.63, 3.8) is 0 Å². The van der Waals surface area contributed by atoms with E-state index < -0.39 is 0 Å². The van der Waals surface area contributed by atoms with Crippen LogP contribution in [0.25, 0.3) is 16.7 Å². The van der Waals surface area contributed by atoms with Gasteiger partial charge in [0.05, 0.1) is 18.0 Å². The molecule has 0 saturated carbocycles. The number of hydrogen-bond donors (Lipinski definition) is 1. The Hall–Kier alpha value is -3.62. The molecule has 1 aliphatic rings. The zero-order chi connectivity index (χ0) is 23.5. The lowest BCUT2D eigenvalue weighted by molar-refractivity contribution is -0.122. The van der Waals surface area contributed by atoms with Gasteiger partial charge in [-0.25, -0.2) is 9.48 Å². The van der Waals surface area contributed by atoms with Crippen LogP contribution in [0.15, 0.2) is 41.2 Å². The van der Waals surface area contributed by atoms with Gasteiger partial charge in [-0.2, -0.15) is 5.10 Å². The normalized spacial score (nSPS) is 14.5. The van der Waals surface area contributed by atoms with Crippen LogP contribution in [0, 0.1) is 13.8 Å². The van der Waals surface area contributed by atoms with Crippen LogP contribution in [-0.2, 0) is 16.1 Å². The number of ether oxygens (including phenoxy) is 1. The monoisotopic (exact) mass is 451 g/mol. The molecule has 33 heavy (non-hydrogen) atoms. The molecule has 1 aliphatic heterocycles. The van der Waals surface area contributed by atoms with Gasteiger partial charge in [0.2, 0.25) is 5.91 Å². The van der Waals surface area contributed by atoms with Gasteiger partial charge in [0.25, 0.3) is 5.56 Å². The van der Waals surface area contributed by atoms with E-state index in [1.165, 1.54) is 4.57 Å². The maximum atomic E-state index is 12.9. The summed E-state index contributed by atoms with van der Waals surface area (Å²) in [6, 6.07) is 11.1. The minimum absolute atomic E-state index is 0.0550. The minimum Gasteiger partial charge on any atom is -0.450 e. The number of rotatable bonds is 5. The molecule has 1 saturated heterocycles. The van der Waals surface area contributed by atoms with Crippen LogP contribution < -0.4 is 10.9 Å². The lowest BCUT2D eigenvalue weighted by Crippen LogP contribution is -2.47. The van der Waals surface area contributed by atoms with E-state index in [9.17, 15) is 14.4 Å². The predicted octanol–water partition coefficient (Wildman–Crippen LogP) is 2.54. The van der Waals surface area contributed by atoms with Gasteiger partial charge in [-0.1, -0.05) is 18.2 Å². The van der Waals surface area contributed by atoms with Gasteiger partial charge in [0.1, 0.15) is 12.2 Å². The van der Waals surface area contributed by atoms with Crippen molar-refractivity contribution >= 4 is 23.0 Å². The van der Waals surface area contributed by atoms with Gasteiger partial charge in [-0.3, -0.25) is 14.2 Å². The number of aromatic nitrogens is 3. The standard InChI is InChI=1S/C24H29N5O4/c1-4-33-24(32)27-12-10-18(11-13-27)25-20(30)15-28-21(31)14-16(2)22-17(3)26-29(23(22)28)19-8-6-5-7-9-19/h5-9,14,18H,4,10-13,15H2,1-3H3,(H,25,30). The number of fused-ring (bicyclic) bond motifs is 1. The molecule has 2 aromatic heterocycles. The van der Waals surface area contributed by atoms with Crippen molar-refractivity contribution in [1.29, 1.82) is 0 Å². The van der Waals surface area contributed by atoms with E-state index in [1.807, 2.05) is 44.2 Å². The molecule has 0 spiro atoms. The number of aryl methyl sites for hydroxylation is 2. The summed E-state index contributed by atoms with van der Waals surface area (Å²) in [5.41, 5.74) is 2.81. The van der Waals surface area contributed by atoms with Crippen molar-refractivity contribution in [2.75, 3.05) is 19.7 Å². The Morgan fingerprint density at radius 1 is 1.15 bits per heavy atom. The zero-order valence-electron chi connectivity index (χ0n) is 19.2. The number of benzene rings is 1. The summed E-state index contributed by atoms with van der Waals surface area (Å²) < 4.78 is 8.25. The first kappa shape index (κ1) is 22.6. The fourth-order valence-electron chi connectivity index (χ4n) is 4.41. The second-order valence-electron chi connectivity index (χ2n) is 8.31. The molecule has 1 N–H and O–H groups in total. The molecule has 3 aromatic rings. The SMILES string of the molecule is CCOC(=O)N1CCC(NC(=O)Cn2c(=O)cc(C)c3c(C)nn(-c4ccccc4)c32)CC1. The van der Waals surface area contributed by atoms with Crippen molar-refractivity contribution in [2.45, 2.75) is 46.2 Å². The maximum Gasteiger partial charge on any atom is 0.409 e. The van der Waals surface area contributed by atoms with E-state index in [2.05, 4.69) is 10.4 Å². The first-order chi connectivity index (χ1) is 15.9. The largest absolute Gasteiger partial charge is 0.450 e. The van der Waals surface area contributed by atoms with Crippen LogP contribution >= 0.6 is 0 Å². The van der Waals surface area contributed by atoms with Crippen LogP contribution in [0.2, 0.25) is 0 Å². The second-order valence-corrected chi connectivity index (χ2v) is 8.31. The number of carbonyl (C=O) groups is 2. The summed E-state index contributed by atoms with van der Waals surface area (Å²) >= 11 is 0. The van der Waals surface area contributed by atoms with Crippen molar-refractivity contribution in [3.05, 3.63) is 58.0 Å². The second kappa shape index (κ2) is 9.48. The number of amides is 2. The molecule has 4 rings (SSSR count). The Bertz CT molecular complexity index is 1220. The Morgan fingerprint density at radius 3 is 2.52 bits per heavy atom. The molecule has 0 bridgehead atoms. The topological polar surface area (TPSA) is 98.5 Å². The Morgan fingerprint density at radius 2 is 1.85 bits per heavy atom. The van der Waals surface area contributed by atoms with E-state index in [0.717, 1.165) is 22.3 Å². The summed E-state index contributed by atoms with van der Waals surface area (Å²) in [4.78, 5) is 39.4. The number of carbonyl (C=O) groups excluding carboxylic acids is 2. The van der Waals surface area contributed by atoms with Crippen LogP contribution in [0.3, 0.4) is 0 Å². The van der Waals surface area contributed by atoms with E-state index in [1.54, 1.807) is 22.6 Å². The lowest BCUT2D eigenvalue weighted by Gasteiger charge is -2.31. The van der Waals surface area contributed by atoms with Crippen LogP contribution in [0.5, 0.6) is 0 Å². The predicted molar refractivity (Wildman–Crippen MR) is 125 cm³/mol. The van der Waals surface area contributed by atoms with E-state index >= 15 is 0 Å². The fourth-order valence-corrected chi connectivity index (χ4v) is 4.41. The van der Waals surface area contributed by atoms with Gasteiger partial charge in [-0.05, 0) is 51.3 Å². The van der Waals surface area contributed by atoms with E-state index in [0.29, 0.717) is 38.2 Å². The highest BCUT2D eigenvalue weighted by Crippen LogP contribution is 2.23. The molecule has 1 aromatic carbocycles. The molecule has 0 aliphatic carbocycles. The quantitative estimate of drug-likeness (QED) is 0.643. The number of hydrogen-bond acceptors (Lipinski definition) is 5. The Labute approximate surface area is 191 Å². The van der Waals surface area contributed by atoms with Crippen LogP contribution in [-0.4, -0.2) is 57.0 Å². The van der Waals surface area contributed by atoms with Gasteiger partial charge in [0.15, 0.2) is 0 Å². The highest BCUT2D eigenvalue weighted by Gasteiger charge is 2.25. The number of likely N-dealkylation sites (tertiary alicyclic amines) is 1. The average Bonchev–Trinajstić information content (AvgIpc) is 3.15. The first-order valence-electron chi connectivity index (χ1n) is 11.2. The molecular formula is C24H29N5O4. The lowest BCUT2D eigenvalue weighted by atomic mass is 10.1. The van der Waals surface area contributed by atoms with Crippen molar-refractivity contribution < 1.29 is 14.3 Å². The summed E-state index contributed by atoms with van der Waals surface area (Å²) in [5, 5.41) is 8.56. The van der Waals surface area contributed by atoms with Crippen molar-refractivity contribution in [3.8, 4) is 5.69 Å².